The molecule has 0 bridgehead atoms. The lowest BCUT2D eigenvalue weighted by Crippen LogP contribution is -2.59. The van der Waals surface area contributed by atoms with Crippen molar-refractivity contribution in [3.8, 4) is 0 Å². The van der Waals surface area contributed by atoms with E-state index in [-0.39, 0.29) is 17.5 Å². The molecule has 0 saturated heterocycles. The number of carbonyl (C=O) groups is 2. The summed E-state index contributed by atoms with van der Waals surface area (Å²) in [5.41, 5.74) is 4.26. The van der Waals surface area contributed by atoms with Gasteiger partial charge in [-0.2, -0.15) is 0 Å². The Balaban J connectivity index is 1.60. The highest BCUT2D eigenvalue weighted by Gasteiger charge is 2.49. The highest BCUT2D eigenvalue weighted by atomic mass is 35.5. The van der Waals surface area contributed by atoms with E-state index in [1.807, 2.05) is 0 Å². The molecule has 9 nitrogen and oxygen atoms in total. The van der Waals surface area contributed by atoms with Gasteiger partial charge >= 0.3 is 0 Å². The second kappa shape index (κ2) is 12.2. The van der Waals surface area contributed by atoms with E-state index >= 15 is 0 Å². The molecule has 1 fully saturated rings. The minimum absolute atomic E-state index is 0.00847. The third kappa shape index (κ3) is 6.43. The standard InChI is InChI=1S/C29H30ClFN4O5S/c1-41(38,39)34-24-11-4-5-12-25(24)35-27(22-14-13-18(31)16-23(22)30)26(20-9-2-3-10-21(20)29(35)37)28(36)33-40-17-19-8-6-7-15-32-19/h2-3,6-10,13-16,24-27,34H,4-5,11-12,17H2,1H3,(H,33,36)/t24-,25-,26+,27-/m0/s1. The first-order valence-corrected chi connectivity index (χ1v) is 15.6. The average molecular weight is 601 g/mol. The summed E-state index contributed by atoms with van der Waals surface area (Å²) in [5.74, 6) is -2.48. The number of aromatic nitrogens is 1. The Morgan fingerprint density at radius 1 is 1.10 bits per heavy atom. The monoisotopic (exact) mass is 600 g/mol. The summed E-state index contributed by atoms with van der Waals surface area (Å²) in [6.07, 6.45) is 5.23. The van der Waals surface area contributed by atoms with E-state index in [1.54, 1.807) is 53.6 Å². The Kier molecular flexibility index (Phi) is 8.69. The summed E-state index contributed by atoms with van der Waals surface area (Å²) in [6.45, 7) is 0.00847. The van der Waals surface area contributed by atoms with Gasteiger partial charge in [0.2, 0.25) is 10.0 Å². The Morgan fingerprint density at radius 2 is 1.85 bits per heavy atom. The fraction of sp³-hybridized carbons (Fsp3) is 0.345. The predicted octanol–water partition coefficient (Wildman–Crippen LogP) is 4.26. The number of rotatable bonds is 8. The molecule has 12 heteroatoms. The number of carbonyl (C=O) groups excluding carboxylic acids is 2. The zero-order chi connectivity index (χ0) is 29.1. The van der Waals surface area contributed by atoms with Gasteiger partial charge in [0.05, 0.1) is 23.9 Å². The smallest absolute Gasteiger partial charge is 0.255 e. The third-order valence-corrected chi connectivity index (χ3v) is 8.57. The number of halogens is 2. The van der Waals surface area contributed by atoms with E-state index in [1.165, 1.54) is 12.1 Å². The molecule has 41 heavy (non-hydrogen) atoms. The van der Waals surface area contributed by atoms with Crippen molar-refractivity contribution in [3.63, 3.8) is 0 Å². The van der Waals surface area contributed by atoms with Crippen molar-refractivity contribution >= 4 is 33.4 Å². The molecule has 2 aliphatic rings. The quantitative estimate of drug-likeness (QED) is 0.373. The van der Waals surface area contributed by atoms with Gasteiger partial charge in [-0.05, 0) is 54.3 Å². The first-order chi connectivity index (χ1) is 19.6. The summed E-state index contributed by atoms with van der Waals surface area (Å²) in [6, 6.07) is 13.8. The van der Waals surface area contributed by atoms with Crippen molar-refractivity contribution in [1.29, 1.82) is 0 Å². The molecule has 1 aliphatic carbocycles. The van der Waals surface area contributed by atoms with E-state index in [0.29, 0.717) is 35.2 Å². The van der Waals surface area contributed by atoms with Crippen molar-refractivity contribution < 1.29 is 27.2 Å². The van der Waals surface area contributed by atoms with Gasteiger partial charge in [-0.3, -0.25) is 19.4 Å². The van der Waals surface area contributed by atoms with Crippen LogP contribution >= 0.6 is 11.6 Å². The molecule has 2 N–H and O–H groups in total. The van der Waals surface area contributed by atoms with Gasteiger partial charge in [0.25, 0.3) is 11.8 Å². The van der Waals surface area contributed by atoms with Crippen molar-refractivity contribution in [3.05, 3.63) is 100 Å². The Labute approximate surface area is 243 Å². The third-order valence-electron chi connectivity index (χ3n) is 7.51. The Bertz CT molecular complexity index is 1540. The summed E-state index contributed by atoms with van der Waals surface area (Å²) in [4.78, 5) is 39.4. The Morgan fingerprint density at radius 3 is 2.59 bits per heavy atom. The molecular formula is C29H30ClFN4O5S. The van der Waals surface area contributed by atoms with E-state index in [9.17, 15) is 22.4 Å². The lowest BCUT2D eigenvalue weighted by atomic mass is 9.76. The number of pyridine rings is 1. The largest absolute Gasteiger partial charge is 0.326 e. The number of fused-ring (bicyclic) bond motifs is 1. The molecule has 5 rings (SSSR count). The van der Waals surface area contributed by atoms with Crippen LogP contribution in [0.15, 0.2) is 66.9 Å². The van der Waals surface area contributed by atoms with Gasteiger partial charge in [-0.25, -0.2) is 23.0 Å². The number of hydrogen-bond donors (Lipinski definition) is 2. The number of nitrogens with zero attached hydrogens (tertiary/aromatic N) is 2. The molecule has 1 saturated carbocycles. The lowest BCUT2D eigenvalue weighted by Gasteiger charge is -2.49. The van der Waals surface area contributed by atoms with Crippen LogP contribution in [0.5, 0.6) is 0 Å². The SMILES string of the molecule is CS(=O)(=O)N[C@H]1CCCC[C@@H]1N1C(=O)c2ccccc2[C@@H](C(=O)NOCc2ccccn2)[C@@H]1c1ccc(F)cc1Cl. The van der Waals surface area contributed by atoms with Crippen molar-refractivity contribution in [1.82, 2.24) is 20.1 Å². The normalized spacial score (nSPS) is 22.7. The topological polar surface area (TPSA) is 118 Å². The molecule has 0 radical (unpaired) electrons. The van der Waals surface area contributed by atoms with Crippen molar-refractivity contribution in [2.75, 3.05) is 6.26 Å². The maximum atomic E-state index is 14.2. The summed E-state index contributed by atoms with van der Waals surface area (Å²) < 4.78 is 41.5. The first kappa shape index (κ1) is 29.1. The van der Waals surface area contributed by atoms with Gasteiger partial charge in [-0.1, -0.05) is 54.8 Å². The van der Waals surface area contributed by atoms with Crippen LogP contribution in [0.1, 0.15) is 64.8 Å². The average Bonchev–Trinajstić information content (AvgIpc) is 2.93. The Hall–Kier alpha value is -3.38. The lowest BCUT2D eigenvalue weighted by molar-refractivity contribution is -0.138. The summed E-state index contributed by atoms with van der Waals surface area (Å²) in [7, 11) is -3.61. The highest BCUT2D eigenvalue weighted by molar-refractivity contribution is 7.88. The predicted molar refractivity (Wildman–Crippen MR) is 151 cm³/mol. The van der Waals surface area contributed by atoms with Crippen molar-refractivity contribution in [2.45, 2.75) is 56.3 Å². The maximum absolute atomic E-state index is 14.2. The zero-order valence-corrected chi connectivity index (χ0v) is 23.9. The molecule has 2 heterocycles. The second-order valence-electron chi connectivity index (χ2n) is 10.3. The number of amides is 2. The van der Waals surface area contributed by atoms with Crippen LogP contribution in [0.25, 0.3) is 0 Å². The number of nitrogens with one attached hydrogen (secondary N) is 2. The summed E-state index contributed by atoms with van der Waals surface area (Å²) >= 11 is 6.58. The van der Waals surface area contributed by atoms with Crippen LogP contribution in [0.2, 0.25) is 5.02 Å². The fourth-order valence-corrected chi connectivity index (χ4v) is 6.96. The molecule has 2 amide bonds. The molecule has 1 aromatic heterocycles. The van der Waals surface area contributed by atoms with Crippen LogP contribution in [0.3, 0.4) is 0 Å². The molecule has 0 unspecified atom stereocenters. The number of sulfonamides is 1. The van der Waals surface area contributed by atoms with Crippen LogP contribution in [0.4, 0.5) is 4.39 Å². The van der Waals surface area contributed by atoms with Crippen molar-refractivity contribution in [2.24, 2.45) is 0 Å². The van der Waals surface area contributed by atoms with Gasteiger partial charge < -0.3 is 4.90 Å². The van der Waals surface area contributed by atoms with Gasteiger partial charge in [0.15, 0.2) is 0 Å². The van der Waals surface area contributed by atoms with Crippen LogP contribution in [0, 0.1) is 5.82 Å². The fourth-order valence-electron chi connectivity index (χ4n) is 5.86. The highest BCUT2D eigenvalue weighted by Crippen LogP contribution is 2.47. The maximum Gasteiger partial charge on any atom is 0.255 e. The number of hydrogen-bond acceptors (Lipinski definition) is 6. The van der Waals surface area contributed by atoms with E-state index in [0.717, 1.165) is 25.2 Å². The minimum atomic E-state index is -3.61. The van der Waals surface area contributed by atoms with Gasteiger partial charge in [0.1, 0.15) is 12.4 Å². The van der Waals surface area contributed by atoms with Crippen LogP contribution < -0.4 is 10.2 Å². The van der Waals surface area contributed by atoms with Gasteiger partial charge in [0, 0.05) is 28.9 Å². The van der Waals surface area contributed by atoms with E-state index in [2.05, 4.69) is 15.2 Å². The molecule has 3 aromatic rings. The molecule has 1 aliphatic heterocycles. The molecule has 4 atom stereocenters. The van der Waals surface area contributed by atoms with E-state index in [4.69, 9.17) is 16.4 Å². The second-order valence-corrected chi connectivity index (χ2v) is 12.5. The minimum Gasteiger partial charge on any atom is -0.326 e. The molecule has 2 aromatic carbocycles. The molecular weight excluding hydrogens is 571 g/mol. The van der Waals surface area contributed by atoms with Gasteiger partial charge in [-0.15, -0.1) is 0 Å². The molecule has 0 spiro atoms. The number of hydroxylamine groups is 1. The van der Waals surface area contributed by atoms with Crippen LogP contribution in [-0.2, 0) is 26.3 Å². The first-order valence-electron chi connectivity index (χ1n) is 13.3. The summed E-state index contributed by atoms with van der Waals surface area (Å²) in [5, 5.41) is 0.0443. The zero-order valence-electron chi connectivity index (χ0n) is 22.3. The van der Waals surface area contributed by atoms with E-state index < -0.39 is 45.8 Å². The molecule has 216 valence electrons. The number of benzene rings is 2. The van der Waals surface area contributed by atoms with Crippen LogP contribution in [-0.4, -0.2) is 48.5 Å².